The fourth-order valence-corrected chi connectivity index (χ4v) is 3.37. The number of ether oxygens (including phenoxy) is 2. The van der Waals surface area contributed by atoms with Gasteiger partial charge >= 0.3 is 5.97 Å². The summed E-state index contributed by atoms with van der Waals surface area (Å²) in [5.41, 5.74) is 1.09. The minimum absolute atomic E-state index is 0.0778. The number of likely N-dealkylation sites (tertiary alicyclic amines) is 1. The number of benzene rings is 1. The molecule has 8 nitrogen and oxygen atoms in total. The van der Waals surface area contributed by atoms with Gasteiger partial charge in [0.2, 0.25) is 12.7 Å². The summed E-state index contributed by atoms with van der Waals surface area (Å²) in [6.45, 7) is 1.49. The molecule has 1 fully saturated rings. The van der Waals surface area contributed by atoms with Crippen molar-refractivity contribution in [3.05, 3.63) is 41.7 Å². The van der Waals surface area contributed by atoms with Crippen LogP contribution in [0.4, 0.5) is 0 Å². The molecule has 0 aliphatic carbocycles. The Morgan fingerprint density at radius 3 is 2.69 bits per heavy atom. The van der Waals surface area contributed by atoms with Crippen molar-refractivity contribution in [1.29, 1.82) is 0 Å². The third-order valence-electron chi connectivity index (χ3n) is 4.83. The highest BCUT2D eigenvalue weighted by Crippen LogP contribution is 2.33. The minimum atomic E-state index is -0.979. The molecule has 1 saturated heterocycles. The van der Waals surface area contributed by atoms with Gasteiger partial charge in [-0.2, -0.15) is 5.10 Å². The van der Waals surface area contributed by atoms with E-state index >= 15 is 0 Å². The van der Waals surface area contributed by atoms with Crippen molar-refractivity contribution in [2.45, 2.75) is 25.3 Å². The Labute approximate surface area is 149 Å². The molecule has 136 valence electrons. The van der Waals surface area contributed by atoms with Crippen molar-refractivity contribution in [3.63, 3.8) is 0 Å². The first kappa shape index (κ1) is 16.4. The number of amides is 1. The first-order valence-electron chi connectivity index (χ1n) is 8.54. The van der Waals surface area contributed by atoms with Crippen LogP contribution in [-0.4, -0.2) is 51.5 Å². The molecular formula is C18H19N3O5. The number of piperidine rings is 1. The smallest absolute Gasteiger partial charge is 0.338 e. The minimum Gasteiger partial charge on any atom is -0.478 e. The van der Waals surface area contributed by atoms with Crippen molar-refractivity contribution in [1.82, 2.24) is 14.7 Å². The molecule has 1 aromatic heterocycles. The first-order chi connectivity index (χ1) is 12.6. The Morgan fingerprint density at radius 2 is 1.96 bits per heavy atom. The fraction of sp³-hybridized carbons (Fsp3) is 0.389. The summed E-state index contributed by atoms with van der Waals surface area (Å²) in [6, 6.07) is 5.69. The van der Waals surface area contributed by atoms with Crippen LogP contribution in [0.5, 0.6) is 11.5 Å². The second kappa shape index (κ2) is 6.70. The Balaban J connectivity index is 1.33. The quantitative estimate of drug-likeness (QED) is 0.895. The van der Waals surface area contributed by atoms with Gasteiger partial charge in [-0.05, 0) is 30.5 Å². The van der Waals surface area contributed by atoms with E-state index in [1.807, 2.05) is 23.1 Å². The zero-order valence-electron chi connectivity index (χ0n) is 14.1. The highest BCUT2D eigenvalue weighted by Gasteiger charge is 2.25. The van der Waals surface area contributed by atoms with Crippen LogP contribution in [0.2, 0.25) is 0 Å². The van der Waals surface area contributed by atoms with Crippen LogP contribution in [0.3, 0.4) is 0 Å². The number of carbonyl (C=O) groups is 2. The van der Waals surface area contributed by atoms with Crippen LogP contribution in [0.15, 0.2) is 30.6 Å². The molecule has 8 heteroatoms. The molecule has 3 heterocycles. The number of rotatable bonds is 4. The van der Waals surface area contributed by atoms with Crippen LogP contribution in [0.1, 0.15) is 34.8 Å². The zero-order chi connectivity index (χ0) is 18.1. The lowest BCUT2D eigenvalue weighted by atomic mass is 10.0. The highest BCUT2D eigenvalue weighted by molar-refractivity contribution is 5.86. The Bertz CT molecular complexity index is 839. The van der Waals surface area contributed by atoms with Gasteiger partial charge in [-0.15, -0.1) is 0 Å². The van der Waals surface area contributed by atoms with E-state index in [4.69, 9.17) is 14.6 Å². The maximum Gasteiger partial charge on any atom is 0.338 e. The van der Waals surface area contributed by atoms with Crippen LogP contribution < -0.4 is 9.47 Å². The zero-order valence-corrected chi connectivity index (χ0v) is 14.1. The molecule has 0 radical (unpaired) electrons. The summed E-state index contributed by atoms with van der Waals surface area (Å²) in [7, 11) is 0. The molecule has 0 unspecified atom stereocenters. The predicted molar refractivity (Wildman–Crippen MR) is 90.3 cm³/mol. The van der Waals surface area contributed by atoms with Gasteiger partial charge in [-0.1, -0.05) is 6.07 Å². The lowest BCUT2D eigenvalue weighted by Crippen LogP contribution is -2.40. The van der Waals surface area contributed by atoms with E-state index in [9.17, 15) is 9.59 Å². The summed E-state index contributed by atoms with van der Waals surface area (Å²) >= 11 is 0. The first-order valence-corrected chi connectivity index (χ1v) is 8.54. The lowest BCUT2D eigenvalue weighted by molar-refractivity contribution is -0.131. The molecule has 2 aliphatic rings. The van der Waals surface area contributed by atoms with Crippen molar-refractivity contribution < 1.29 is 24.2 Å². The number of aromatic carboxylic acids is 1. The van der Waals surface area contributed by atoms with E-state index in [1.165, 1.54) is 6.20 Å². The number of nitrogens with zero attached hydrogens (tertiary/aromatic N) is 3. The number of hydrogen-bond donors (Lipinski definition) is 1. The molecule has 0 atom stereocenters. The van der Waals surface area contributed by atoms with E-state index in [1.54, 1.807) is 10.9 Å². The third kappa shape index (κ3) is 3.22. The molecule has 0 bridgehead atoms. The van der Waals surface area contributed by atoms with Gasteiger partial charge in [-0.3, -0.25) is 9.48 Å². The Kier molecular flexibility index (Phi) is 4.24. The largest absolute Gasteiger partial charge is 0.478 e. The molecule has 0 saturated carbocycles. The van der Waals surface area contributed by atoms with Gasteiger partial charge < -0.3 is 19.5 Å². The second-order valence-corrected chi connectivity index (χ2v) is 6.49. The standard InChI is InChI=1S/C18H19N3O5/c22-17(8-12-1-2-15-16(7-12)26-11-25-15)20-5-3-14(4-6-20)21-10-13(9-19-21)18(23)24/h1-2,7,9-10,14H,3-6,8,11H2,(H,23,24). The fourth-order valence-electron chi connectivity index (χ4n) is 3.37. The van der Waals surface area contributed by atoms with Crippen LogP contribution in [0, 0.1) is 0 Å². The third-order valence-corrected chi connectivity index (χ3v) is 4.83. The summed E-state index contributed by atoms with van der Waals surface area (Å²) < 4.78 is 12.3. The van der Waals surface area contributed by atoms with Crippen molar-refractivity contribution >= 4 is 11.9 Å². The van der Waals surface area contributed by atoms with E-state index in [0.29, 0.717) is 31.0 Å². The number of carbonyl (C=O) groups excluding carboxylic acids is 1. The molecule has 26 heavy (non-hydrogen) atoms. The molecular weight excluding hydrogens is 338 g/mol. The van der Waals surface area contributed by atoms with E-state index in [2.05, 4.69) is 5.10 Å². The monoisotopic (exact) mass is 357 g/mol. The van der Waals surface area contributed by atoms with Gasteiger partial charge in [-0.25, -0.2) is 4.79 Å². The van der Waals surface area contributed by atoms with Crippen LogP contribution in [0.25, 0.3) is 0 Å². The Hall–Kier alpha value is -3.03. The normalized spacial score (nSPS) is 16.7. The number of carboxylic acids is 1. The average molecular weight is 357 g/mol. The molecule has 1 aromatic carbocycles. The van der Waals surface area contributed by atoms with Gasteiger partial charge in [0.25, 0.3) is 0 Å². The molecule has 1 N–H and O–H groups in total. The van der Waals surface area contributed by atoms with Crippen molar-refractivity contribution in [2.24, 2.45) is 0 Å². The number of carboxylic acid groups (broad SMARTS) is 1. The summed E-state index contributed by atoms with van der Waals surface area (Å²) in [6.07, 6.45) is 4.75. The average Bonchev–Trinajstić information content (AvgIpc) is 3.31. The van der Waals surface area contributed by atoms with E-state index in [-0.39, 0.29) is 24.3 Å². The SMILES string of the molecule is O=C(O)c1cnn(C2CCN(C(=O)Cc3ccc4c(c3)OCO4)CC2)c1. The lowest BCUT2D eigenvalue weighted by Gasteiger charge is -2.32. The van der Waals surface area contributed by atoms with Gasteiger partial charge in [0.05, 0.1) is 24.2 Å². The highest BCUT2D eigenvalue weighted by atomic mass is 16.7. The van der Waals surface area contributed by atoms with Crippen molar-refractivity contribution in [3.8, 4) is 11.5 Å². The molecule has 4 rings (SSSR count). The Morgan fingerprint density at radius 1 is 1.19 bits per heavy atom. The molecule has 2 aliphatic heterocycles. The predicted octanol–water partition coefficient (Wildman–Crippen LogP) is 1.72. The van der Waals surface area contributed by atoms with Gasteiger partial charge in [0, 0.05) is 19.3 Å². The topological polar surface area (TPSA) is 93.9 Å². The number of hydrogen-bond acceptors (Lipinski definition) is 5. The summed E-state index contributed by atoms with van der Waals surface area (Å²) in [5.74, 6) is 0.491. The molecule has 1 amide bonds. The maximum atomic E-state index is 12.6. The van der Waals surface area contributed by atoms with Crippen LogP contribution >= 0.6 is 0 Å². The van der Waals surface area contributed by atoms with Gasteiger partial charge in [0.15, 0.2) is 11.5 Å². The van der Waals surface area contributed by atoms with Gasteiger partial charge in [0.1, 0.15) is 0 Å². The summed E-state index contributed by atoms with van der Waals surface area (Å²) in [4.78, 5) is 25.4. The maximum absolute atomic E-state index is 12.6. The van der Waals surface area contributed by atoms with Crippen molar-refractivity contribution in [2.75, 3.05) is 19.9 Å². The second-order valence-electron chi connectivity index (χ2n) is 6.49. The number of fused-ring (bicyclic) bond motifs is 1. The molecule has 0 spiro atoms. The summed E-state index contributed by atoms with van der Waals surface area (Å²) in [5, 5.41) is 13.1. The van der Waals surface area contributed by atoms with E-state index < -0.39 is 5.97 Å². The van der Waals surface area contributed by atoms with Crippen LogP contribution in [-0.2, 0) is 11.2 Å². The van der Waals surface area contributed by atoms with E-state index in [0.717, 1.165) is 18.4 Å². The molecule has 2 aromatic rings. The number of aromatic nitrogens is 2.